The zero-order valence-electron chi connectivity index (χ0n) is 6.54. The Morgan fingerprint density at radius 3 is 3.25 bits per heavy atom. The molecule has 0 saturated carbocycles. The first-order chi connectivity index (χ1) is 5.59. The zero-order chi connectivity index (χ0) is 8.77. The van der Waals surface area contributed by atoms with E-state index in [1.54, 1.807) is 13.1 Å². The van der Waals surface area contributed by atoms with Crippen LogP contribution in [-0.2, 0) is 5.60 Å². The predicted octanol–water partition coefficient (Wildman–Crippen LogP) is 1.44. The van der Waals surface area contributed by atoms with E-state index in [4.69, 9.17) is 4.74 Å². The molecule has 2 rings (SSSR count). The number of halogens is 1. The van der Waals surface area contributed by atoms with E-state index in [9.17, 15) is 5.11 Å². The molecule has 12 heavy (non-hydrogen) atoms. The van der Waals surface area contributed by atoms with Gasteiger partial charge in [0, 0.05) is 10.7 Å². The van der Waals surface area contributed by atoms with Gasteiger partial charge in [0.15, 0.2) is 0 Å². The van der Waals surface area contributed by atoms with Crippen molar-refractivity contribution < 1.29 is 9.84 Å². The number of aromatic nitrogens is 1. The van der Waals surface area contributed by atoms with Crippen molar-refractivity contribution in [2.75, 3.05) is 6.61 Å². The fraction of sp³-hybridized carbons (Fsp3) is 0.375. The fourth-order valence-electron chi connectivity index (χ4n) is 1.21. The minimum absolute atomic E-state index is 0.284. The molecule has 0 aromatic carbocycles. The van der Waals surface area contributed by atoms with Crippen molar-refractivity contribution in [3.63, 3.8) is 0 Å². The van der Waals surface area contributed by atoms with Gasteiger partial charge in [0.05, 0.1) is 5.56 Å². The monoisotopic (exact) mass is 229 g/mol. The lowest BCUT2D eigenvalue weighted by atomic mass is 10.0. The van der Waals surface area contributed by atoms with Gasteiger partial charge in [-0.15, -0.1) is 0 Å². The maximum absolute atomic E-state index is 9.79. The highest BCUT2D eigenvalue weighted by molar-refractivity contribution is 9.10. The van der Waals surface area contributed by atoms with Crippen LogP contribution in [0.25, 0.3) is 0 Å². The Morgan fingerprint density at radius 1 is 1.75 bits per heavy atom. The Kier molecular flexibility index (Phi) is 1.63. The molecule has 0 amide bonds. The predicted molar refractivity (Wildman–Crippen MR) is 47.0 cm³/mol. The minimum Gasteiger partial charge on any atom is -0.474 e. The Morgan fingerprint density at radius 2 is 2.50 bits per heavy atom. The highest BCUT2D eigenvalue weighted by Gasteiger charge is 2.35. The number of fused-ring (bicyclic) bond motifs is 1. The summed E-state index contributed by atoms with van der Waals surface area (Å²) in [4.78, 5) is 4.03. The summed E-state index contributed by atoms with van der Waals surface area (Å²) in [6, 6.07) is 1.83. The van der Waals surface area contributed by atoms with Gasteiger partial charge in [-0.1, -0.05) is 0 Å². The molecule has 1 aromatic heterocycles. The number of ether oxygens (including phenoxy) is 1. The zero-order valence-corrected chi connectivity index (χ0v) is 8.13. The van der Waals surface area contributed by atoms with Crippen molar-refractivity contribution >= 4 is 15.9 Å². The maximum atomic E-state index is 9.79. The molecule has 1 aliphatic heterocycles. The van der Waals surface area contributed by atoms with Crippen LogP contribution in [0.4, 0.5) is 0 Å². The molecule has 0 bridgehead atoms. The lowest BCUT2D eigenvalue weighted by Crippen LogP contribution is -2.22. The summed E-state index contributed by atoms with van der Waals surface area (Å²) in [5.74, 6) is 0.531. The van der Waals surface area contributed by atoms with Gasteiger partial charge in [0.2, 0.25) is 5.88 Å². The number of pyridine rings is 1. The third-order valence-corrected chi connectivity index (χ3v) is 2.32. The van der Waals surface area contributed by atoms with E-state index in [1.165, 1.54) is 0 Å². The van der Waals surface area contributed by atoms with Crippen molar-refractivity contribution in [3.8, 4) is 5.88 Å². The largest absolute Gasteiger partial charge is 0.474 e. The number of rotatable bonds is 0. The first kappa shape index (κ1) is 8.01. The third-order valence-electron chi connectivity index (χ3n) is 1.89. The summed E-state index contributed by atoms with van der Waals surface area (Å²) in [5.41, 5.74) is -0.150. The smallest absolute Gasteiger partial charge is 0.219 e. The summed E-state index contributed by atoms with van der Waals surface area (Å²) in [5, 5.41) is 9.79. The summed E-state index contributed by atoms with van der Waals surface area (Å²) in [6.45, 7) is 2.00. The molecule has 1 aliphatic rings. The van der Waals surface area contributed by atoms with Gasteiger partial charge in [-0.25, -0.2) is 4.98 Å². The molecular weight excluding hydrogens is 222 g/mol. The maximum Gasteiger partial charge on any atom is 0.219 e. The van der Waals surface area contributed by atoms with E-state index < -0.39 is 5.60 Å². The van der Waals surface area contributed by atoms with Gasteiger partial charge in [-0.05, 0) is 28.9 Å². The van der Waals surface area contributed by atoms with E-state index >= 15 is 0 Å². The molecule has 0 saturated heterocycles. The van der Waals surface area contributed by atoms with Gasteiger partial charge in [-0.3, -0.25) is 0 Å². The van der Waals surface area contributed by atoms with Crippen LogP contribution in [0, 0.1) is 0 Å². The van der Waals surface area contributed by atoms with Gasteiger partial charge in [0.1, 0.15) is 12.2 Å². The summed E-state index contributed by atoms with van der Waals surface area (Å²) >= 11 is 3.29. The van der Waals surface area contributed by atoms with E-state index in [2.05, 4.69) is 20.9 Å². The molecule has 0 aliphatic carbocycles. The molecule has 0 radical (unpaired) electrons. The Bertz CT molecular complexity index is 325. The van der Waals surface area contributed by atoms with Crippen molar-refractivity contribution in [2.24, 2.45) is 0 Å². The average molecular weight is 230 g/mol. The number of aliphatic hydroxyl groups is 1. The van der Waals surface area contributed by atoms with Crippen LogP contribution in [0.3, 0.4) is 0 Å². The van der Waals surface area contributed by atoms with Crippen molar-refractivity contribution in [2.45, 2.75) is 12.5 Å². The van der Waals surface area contributed by atoms with Gasteiger partial charge >= 0.3 is 0 Å². The number of hydrogen-bond donors (Lipinski definition) is 1. The van der Waals surface area contributed by atoms with Crippen LogP contribution in [0.2, 0.25) is 0 Å². The normalized spacial score (nSPS) is 26.6. The first-order valence-electron chi connectivity index (χ1n) is 3.61. The fourth-order valence-corrected chi connectivity index (χ4v) is 1.55. The molecule has 4 heteroatoms. The lowest BCUT2D eigenvalue weighted by molar-refractivity contribution is 0.0345. The molecule has 1 atom stereocenters. The van der Waals surface area contributed by atoms with Crippen LogP contribution < -0.4 is 4.74 Å². The lowest BCUT2D eigenvalue weighted by Gasteiger charge is -2.12. The molecule has 1 unspecified atom stereocenters. The molecule has 64 valence electrons. The minimum atomic E-state index is -0.897. The first-order valence-corrected chi connectivity index (χ1v) is 4.40. The molecular formula is C8H8BrNO2. The van der Waals surface area contributed by atoms with E-state index in [0.29, 0.717) is 5.88 Å². The van der Waals surface area contributed by atoms with Crippen molar-refractivity contribution in [1.82, 2.24) is 4.98 Å². The second kappa shape index (κ2) is 2.44. The van der Waals surface area contributed by atoms with E-state index in [1.807, 2.05) is 6.07 Å². The highest BCUT2D eigenvalue weighted by atomic mass is 79.9. The van der Waals surface area contributed by atoms with Crippen LogP contribution in [0.15, 0.2) is 16.7 Å². The molecule has 3 nitrogen and oxygen atoms in total. The second-order valence-corrected chi connectivity index (χ2v) is 3.98. The van der Waals surface area contributed by atoms with Crippen molar-refractivity contribution in [1.29, 1.82) is 0 Å². The topological polar surface area (TPSA) is 42.4 Å². The average Bonchev–Trinajstić information content (AvgIpc) is 2.28. The van der Waals surface area contributed by atoms with Crippen molar-refractivity contribution in [3.05, 3.63) is 22.3 Å². The van der Waals surface area contributed by atoms with Crippen LogP contribution >= 0.6 is 15.9 Å². The Labute approximate surface area is 78.5 Å². The molecule has 0 fully saturated rings. The van der Waals surface area contributed by atoms with Crippen LogP contribution in [-0.4, -0.2) is 16.7 Å². The number of nitrogens with zero attached hydrogens (tertiary/aromatic N) is 1. The van der Waals surface area contributed by atoms with Gasteiger partial charge in [0.25, 0.3) is 0 Å². The van der Waals surface area contributed by atoms with Gasteiger partial charge < -0.3 is 9.84 Å². The summed E-state index contributed by atoms with van der Waals surface area (Å²) < 4.78 is 6.04. The highest BCUT2D eigenvalue weighted by Crippen LogP contribution is 2.36. The SMILES string of the molecule is CC1(O)COc2ncc(Br)cc21. The standard InChI is InChI=1S/C8H8BrNO2/c1-8(11)4-12-7-6(8)2-5(9)3-10-7/h2-3,11H,4H2,1H3. The second-order valence-electron chi connectivity index (χ2n) is 3.07. The summed E-state index contributed by atoms with van der Waals surface area (Å²) in [6.07, 6.45) is 1.65. The Balaban J connectivity index is 2.57. The molecule has 2 heterocycles. The Hall–Kier alpha value is -0.610. The number of hydrogen-bond acceptors (Lipinski definition) is 3. The third kappa shape index (κ3) is 1.11. The van der Waals surface area contributed by atoms with E-state index in [-0.39, 0.29) is 6.61 Å². The van der Waals surface area contributed by atoms with Crippen LogP contribution in [0.1, 0.15) is 12.5 Å². The molecule has 1 N–H and O–H groups in total. The molecule has 0 spiro atoms. The summed E-state index contributed by atoms with van der Waals surface area (Å²) in [7, 11) is 0. The van der Waals surface area contributed by atoms with Gasteiger partial charge in [-0.2, -0.15) is 0 Å². The van der Waals surface area contributed by atoms with E-state index in [0.717, 1.165) is 10.0 Å². The van der Waals surface area contributed by atoms with Crippen LogP contribution in [0.5, 0.6) is 5.88 Å². The quantitative estimate of drug-likeness (QED) is 0.733. The molecule has 1 aromatic rings.